The van der Waals surface area contributed by atoms with Crippen molar-refractivity contribution in [2.75, 3.05) is 6.54 Å². The van der Waals surface area contributed by atoms with Crippen molar-refractivity contribution in [1.82, 2.24) is 10.3 Å². The van der Waals surface area contributed by atoms with Crippen LogP contribution in [0.2, 0.25) is 0 Å². The molecule has 16 heavy (non-hydrogen) atoms. The van der Waals surface area contributed by atoms with Crippen LogP contribution < -0.4 is 5.32 Å². The Morgan fingerprint density at radius 1 is 1.38 bits per heavy atom. The number of rotatable bonds is 5. The topological polar surface area (TPSA) is 24.9 Å². The van der Waals surface area contributed by atoms with Crippen LogP contribution in [0.3, 0.4) is 0 Å². The third-order valence-corrected chi connectivity index (χ3v) is 4.48. The highest BCUT2D eigenvalue weighted by Crippen LogP contribution is 2.26. The van der Waals surface area contributed by atoms with Crippen molar-refractivity contribution in [3.63, 3.8) is 0 Å². The molecule has 0 aliphatic heterocycles. The Kier molecular flexibility index (Phi) is 3.04. The molecule has 0 radical (unpaired) electrons. The fraction of sp³-hybridized carbons (Fsp3) is 0.417. The maximum absolute atomic E-state index is 4.66. The molecule has 1 fully saturated rings. The summed E-state index contributed by atoms with van der Waals surface area (Å²) in [4.78, 5) is 5.93. The van der Waals surface area contributed by atoms with Crippen molar-refractivity contribution in [3.8, 4) is 10.6 Å². The molecule has 0 unspecified atom stereocenters. The molecule has 0 saturated heterocycles. The summed E-state index contributed by atoms with van der Waals surface area (Å²) in [6.45, 7) is 1.07. The maximum atomic E-state index is 4.66. The lowest BCUT2D eigenvalue weighted by Crippen LogP contribution is -2.19. The number of thiophene rings is 1. The molecule has 0 aromatic carbocycles. The second kappa shape index (κ2) is 4.65. The molecule has 0 bridgehead atoms. The molecule has 1 N–H and O–H groups in total. The molecule has 2 aromatic rings. The summed E-state index contributed by atoms with van der Waals surface area (Å²) in [5.41, 5.74) is 1.14. The van der Waals surface area contributed by atoms with Gasteiger partial charge in [0.05, 0.1) is 15.6 Å². The zero-order chi connectivity index (χ0) is 10.8. The van der Waals surface area contributed by atoms with Gasteiger partial charge in [-0.3, -0.25) is 0 Å². The van der Waals surface area contributed by atoms with Gasteiger partial charge in [0, 0.05) is 24.4 Å². The third kappa shape index (κ3) is 2.51. The zero-order valence-corrected chi connectivity index (χ0v) is 10.6. The van der Waals surface area contributed by atoms with E-state index in [-0.39, 0.29) is 0 Å². The second-order valence-corrected chi connectivity index (χ2v) is 5.97. The van der Waals surface area contributed by atoms with E-state index in [1.807, 2.05) is 0 Å². The Balaban J connectivity index is 1.59. The highest BCUT2D eigenvalue weighted by Gasteiger charge is 2.19. The molecule has 2 aromatic heterocycles. The smallest absolute Gasteiger partial charge is 0.0945 e. The lowest BCUT2D eigenvalue weighted by Gasteiger charge is -1.98. The van der Waals surface area contributed by atoms with Gasteiger partial charge in [-0.1, -0.05) is 6.07 Å². The summed E-state index contributed by atoms with van der Waals surface area (Å²) in [5.74, 6) is 0. The van der Waals surface area contributed by atoms with Crippen LogP contribution in [0, 0.1) is 0 Å². The molecule has 0 atom stereocenters. The molecule has 2 nitrogen and oxygen atoms in total. The Morgan fingerprint density at radius 2 is 2.31 bits per heavy atom. The Hall–Kier alpha value is -0.710. The first-order valence-electron chi connectivity index (χ1n) is 5.63. The normalized spacial score (nSPS) is 15.5. The van der Waals surface area contributed by atoms with Gasteiger partial charge in [0.25, 0.3) is 0 Å². The minimum atomic E-state index is 0.803. The molecule has 1 saturated carbocycles. The summed E-state index contributed by atoms with van der Waals surface area (Å²) in [6, 6.07) is 5.01. The number of nitrogens with zero attached hydrogens (tertiary/aromatic N) is 1. The van der Waals surface area contributed by atoms with Crippen LogP contribution in [0.5, 0.6) is 0 Å². The van der Waals surface area contributed by atoms with Crippen LogP contribution in [0.1, 0.15) is 17.8 Å². The van der Waals surface area contributed by atoms with Crippen molar-refractivity contribution in [3.05, 3.63) is 27.9 Å². The number of nitrogens with one attached hydrogen (secondary N) is 1. The average Bonchev–Trinajstić information content (AvgIpc) is 2.83. The van der Waals surface area contributed by atoms with Crippen LogP contribution >= 0.6 is 22.7 Å². The summed E-state index contributed by atoms with van der Waals surface area (Å²) >= 11 is 3.53. The average molecular weight is 250 g/mol. The Labute approximate surface area is 103 Å². The van der Waals surface area contributed by atoms with Gasteiger partial charge in [0.15, 0.2) is 0 Å². The molecule has 4 heteroatoms. The van der Waals surface area contributed by atoms with E-state index in [1.165, 1.54) is 22.7 Å². The van der Waals surface area contributed by atoms with Gasteiger partial charge in [-0.15, -0.1) is 22.7 Å². The highest BCUT2D eigenvalue weighted by molar-refractivity contribution is 7.14. The van der Waals surface area contributed by atoms with Gasteiger partial charge in [0.2, 0.25) is 0 Å². The van der Waals surface area contributed by atoms with Gasteiger partial charge in [-0.25, -0.2) is 4.98 Å². The van der Waals surface area contributed by atoms with Gasteiger partial charge in [-0.2, -0.15) is 0 Å². The highest BCUT2D eigenvalue weighted by atomic mass is 32.1. The second-order valence-electron chi connectivity index (χ2n) is 4.08. The Morgan fingerprint density at radius 3 is 3.06 bits per heavy atom. The number of hydrogen-bond donors (Lipinski definition) is 1. The SMILES string of the molecule is c1csc(-c2csc(CCNC3CC3)n2)c1. The van der Waals surface area contributed by atoms with Gasteiger partial charge >= 0.3 is 0 Å². The summed E-state index contributed by atoms with van der Waals surface area (Å²) < 4.78 is 0. The molecule has 1 aliphatic carbocycles. The molecule has 0 amide bonds. The molecule has 0 spiro atoms. The minimum absolute atomic E-state index is 0.803. The maximum Gasteiger partial charge on any atom is 0.0945 e. The van der Waals surface area contributed by atoms with E-state index in [1.54, 1.807) is 22.7 Å². The van der Waals surface area contributed by atoms with E-state index < -0.39 is 0 Å². The lowest BCUT2D eigenvalue weighted by molar-refractivity contribution is 0.680. The van der Waals surface area contributed by atoms with E-state index in [4.69, 9.17) is 0 Å². The van der Waals surface area contributed by atoms with Crippen LogP contribution in [0.15, 0.2) is 22.9 Å². The predicted molar refractivity (Wildman–Crippen MR) is 70.2 cm³/mol. The molecule has 2 heterocycles. The summed E-state index contributed by atoms with van der Waals surface area (Å²) in [7, 11) is 0. The first-order valence-corrected chi connectivity index (χ1v) is 7.39. The van der Waals surface area contributed by atoms with Crippen LogP contribution in [0.4, 0.5) is 0 Å². The van der Waals surface area contributed by atoms with Crippen molar-refractivity contribution in [2.45, 2.75) is 25.3 Å². The predicted octanol–water partition coefficient (Wildman–Crippen LogP) is 3.17. The molecule has 3 rings (SSSR count). The van der Waals surface area contributed by atoms with E-state index >= 15 is 0 Å². The number of aromatic nitrogens is 1. The van der Waals surface area contributed by atoms with Crippen LogP contribution in [-0.4, -0.2) is 17.6 Å². The van der Waals surface area contributed by atoms with Crippen molar-refractivity contribution >= 4 is 22.7 Å². The fourth-order valence-corrected chi connectivity index (χ4v) is 3.19. The standard InChI is InChI=1S/C12H14N2S2/c1-2-11(15-7-1)10-8-16-12(14-10)5-6-13-9-3-4-9/h1-2,7-9,13H,3-6H2. The van der Waals surface area contributed by atoms with E-state index in [2.05, 4.69) is 33.2 Å². The minimum Gasteiger partial charge on any atom is -0.314 e. The lowest BCUT2D eigenvalue weighted by atomic mass is 10.4. The number of thiazole rings is 1. The fourth-order valence-electron chi connectivity index (χ4n) is 1.63. The van der Waals surface area contributed by atoms with Gasteiger partial charge in [0.1, 0.15) is 0 Å². The third-order valence-electron chi connectivity index (χ3n) is 2.67. The van der Waals surface area contributed by atoms with E-state index in [0.29, 0.717) is 0 Å². The van der Waals surface area contributed by atoms with Gasteiger partial charge in [-0.05, 0) is 24.3 Å². The van der Waals surface area contributed by atoms with Gasteiger partial charge < -0.3 is 5.32 Å². The summed E-state index contributed by atoms with van der Waals surface area (Å²) in [6.07, 6.45) is 3.78. The monoisotopic (exact) mass is 250 g/mol. The Bertz CT molecular complexity index is 443. The molecule has 1 aliphatic rings. The van der Waals surface area contributed by atoms with Crippen LogP contribution in [-0.2, 0) is 6.42 Å². The van der Waals surface area contributed by atoms with E-state index in [9.17, 15) is 0 Å². The molecule has 84 valence electrons. The molecular formula is C12H14N2S2. The quantitative estimate of drug-likeness (QED) is 0.881. The molecular weight excluding hydrogens is 236 g/mol. The number of hydrogen-bond acceptors (Lipinski definition) is 4. The van der Waals surface area contributed by atoms with Crippen molar-refractivity contribution in [1.29, 1.82) is 0 Å². The van der Waals surface area contributed by atoms with E-state index in [0.717, 1.165) is 24.7 Å². The zero-order valence-electron chi connectivity index (χ0n) is 8.98. The first-order chi connectivity index (χ1) is 7.92. The van der Waals surface area contributed by atoms with Crippen LogP contribution in [0.25, 0.3) is 10.6 Å². The largest absolute Gasteiger partial charge is 0.314 e. The van der Waals surface area contributed by atoms with Crippen molar-refractivity contribution < 1.29 is 0 Å². The summed E-state index contributed by atoms with van der Waals surface area (Å²) in [5, 5.41) is 9.03. The van der Waals surface area contributed by atoms with Crippen molar-refractivity contribution in [2.24, 2.45) is 0 Å². The first kappa shape index (κ1) is 10.4.